The van der Waals surface area contributed by atoms with E-state index in [1.54, 1.807) is 0 Å². The lowest BCUT2D eigenvalue weighted by Gasteiger charge is -2.19. The van der Waals surface area contributed by atoms with Gasteiger partial charge in [0.25, 0.3) is 5.69 Å². The van der Waals surface area contributed by atoms with Crippen LogP contribution in [0.1, 0.15) is 38.1 Å². The van der Waals surface area contributed by atoms with Crippen LogP contribution in [-0.2, 0) is 19.1 Å². The maximum atomic E-state index is 12.1. The second kappa shape index (κ2) is 9.02. The molecule has 1 heterocycles. The number of halogens is 1. The van der Waals surface area contributed by atoms with Crippen molar-refractivity contribution in [1.29, 1.82) is 0 Å². The van der Waals surface area contributed by atoms with E-state index in [0.717, 1.165) is 5.01 Å². The molecule has 0 saturated heterocycles. The van der Waals surface area contributed by atoms with Crippen molar-refractivity contribution < 1.29 is 33.5 Å². The molecule has 0 saturated carbocycles. The molecule has 1 aliphatic rings. The molecule has 0 N–H and O–H groups in total. The van der Waals surface area contributed by atoms with Crippen molar-refractivity contribution in [3.63, 3.8) is 0 Å². The van der Waals surface area contributed by atoms with Crippen LogP contribution in [0, 0.1) is 10.1 Å². The van der Waals surface area contributed by atoms with E-state index in [9.17, 15) is 24.5 Å². The number of hydrogen-bond acceptors (Lipinski definition) is 9. The average molecular weight is 462 g/mol. The topological polar surface area (TPSA) is 138 Å². The van der Waals surface area contributed by atoms with Crippen molar-refractivity contribution in [2.45, 2.75) is 27.0 Å². The fraction of sp³-hybridized carbons (Fsp3) is 0.200. The number of nitro benzene ring substituents is 1. The number of nitro groups is 1. The highest BCUT2D eigenvalue weighted by Crippen LogP contribution is 2.36. The van der Waals surface area contributed by atoms with Crippen LogP contribution < -0.4 is 9.47 Å². The molecule has 0 aliphatic carbocycles. The summed E-state index contributed by atoms with van der Waals surface area (Å²) in [5.74, 6) is -1.83. The molecule has 0 radical (unpaired) electrons. The van der Waals surface area contributed by atoms with Gasteiger partial charge in [0.05, 0.1) is 4.92 Å². The van der Waals surface area contributed by atoms with Gasteiger partial charge in [0.1, 0.15) is 5.02 Å². The van der Waals surface area contributed by atoms with Gasteiger partial charge in [0, 0.05) is 38.0 Å². The predicted molar refractivity (Wildman–Crippen MR) is 110 cm³/mol. The summed E-state index contributed by atoms with van der Waals surface area (Å²) >= 11 is 5.86. The summed E-state index contributed by atoms with van der Waals surface area (Å²) in [4.78, 5) is 45.4. The Kier molecular flexibility index (Phi) is 6.40. The van der Waals surface area contributed by atoms with Crippen molar-refractivity contribution in [2.24, 2.45) is 5.10 Å². The number of benzene rings is 2. The Bertz CT molecular complexity index is 1160. The highest BCUT2D eigenvalue weighted by Gasteiger charge is 2.34. The summed E-state index contributed by atoms with van der Waals surface area (Å²) in [6, 6.07) is 8.19. The Morgan fingerprint density at radius 1 is 1.06 bits per heavy atom. The van der Waals surface area contributed by atoms with Crippen molar-refractivity contribution in [1.82, 2.24) is 5.01 Å². The van der Waals surface area contributed by atoms with Gasteiger partial charge in [0.15, 0.2) is 11.5 Å². The van der Waals surface area contributed by atoms with Gasteiger partial charge in [-0.2, -0.15) is 5.01 Å². The third-order valence-corrected chi connectivity index (χ3v) is 4.44. The third-order valence-electron chi connectivity index (χ3n) is 4.12. The molecule has 0 bridgehead atoms. The zero-order valence-corrected chi connectivity index (χ0v) is 17.8. The summed E-state index contributed by atoms with van der Waals surface area (Å²) in [6.45, 7) is 3.62. The van der Waals surface area contributed by atoms with Crippen molar-refractivity contribution in [3.8, 4) is 11.5 Å². The zero-order chi connectivity index (χ0) is 23.6. The van der Waals surface area contributed by atoms with E-state index in [1.807, 2.05) is 0 Å². The zero-order valence-electron chi connectivity index (χ0n) is 17.0. The molecule has 1 amide bonds. The van der Waals surface area contributed by atoms with E-state index < -0.39 is 29.0 Å². The minimum absolute atomic E-state index is 0.00310. The Labute approximate surface area is 186 Å². The molecule has 11 nitrogen and oxygen atoms in total. The minimum atomic E-state index is -1.09. The van der Waals surface area contributed by atoms with Crippen LogP contribution >= 0.6 is 11.6 Å². The second-order valence-electron chi connectivity index (χ2n) is 6.56. The molecule has 1 atom stereocenters. The van der Waals surface area contributed by atoms with E-state index in [1.165, 1.54) is 57.2 Å². The molecule has 12 heteroatoms. The van der Waals surface area contributed by atoms with Crippen LogP contribution in [0.5, 0.6) is 11.5 Å². The molecule has 2 aromatic carbocycles. The van der Waals surface area contributed by atoms with Gasteiger partial charge >= 0.3 is 11.9 Å². The highest BCUT2D eigenvalue weighted by molar-refractivity contribution is 6.32. The molecule has 3 rings (SSSR count). The standard InChI is InChI=1S/C20H16ClN3O8/c1-10(25)23-20(14-4-6-15(21)16(8-14)24(28)29)32-19(22-23)13-5-7-17(30-11(2)26)18(9-13)31-12(3)27/h4-9,20H,1-3H3/t20-/m0/s1. The minimum Gasteiger partial charge on any atom is -0.446 e. The van der Waals surface area contributed by atoms with Gasteiger partial charge in [-0.05, 0) is 24.3 Å². The lowest BCUT2D eigenvalue weighted by Crippen LogP contribution is -2.25. The van der Waals surface area contributed by atoms with E-state index in [4.69, 9.17) is 25.8 Å². The maximum Gasteiger partial charge on any atom is 0.308 e. The molecular formula is C20H16ClN3O8. The number of ether oxygens (including phenoxy) is 3. The third kappa shape index (κ3) is 4.83. The maximum absolute atomic E-state index is 12.1. The first-order valence-electron chi connectivity index (χ1n) is 9.07. The Morgan fingerprint density at radius 3 is 2.31 bits per heavy atom. The highest BCUT2D eigenvalue weighted by atomic mass is 35.5. The molecule has 32 heavy (non-hydrogen) atoms. The number of hydrazone groups is 1. The van der Waals surface area contributed by atoms with E-state index in [-0.39, 0.29) is 33.7 Å². The van der Waals surface area contributed by atoms with Crippen molar-refractivity contribution in [2.75, 3.05) is 0 Å². The fourth-order valence-electron chi connectivity index (χ4n) is 2.84. The first-order chi connectivity index (χ1) is 15.1. The van der Waals surface area contributed by atoms with E-state index in [2.05, 4.69) is 5.10 Å². The molecule has 2 aromatic rings. The van der Waals surface area contributed by atoms with Crippen molar-refractivity contribution >= 4 is 41.0 Å². The molecule has 0 aromatic heterocycles. The van der Waals surface area contributed by atoms with Gasteiger partial charge in [-0.1, -0.05) is 17.7 Å². The number of rotatable bonds is 5. The second-order valence-corrected chi connectivity index (χ2v) is 6.96. The molecule has 0 spiro atoms. The predicted octanol–water partition coefficient (Wildman–Crippen LogP) is 3.34. The van der Waals surface area contributed by atoms with Gasteiger partial charge in [-0.15, -0.1) is 5.10 Å². The number of carbonyl (C=O) groups excluding carboxylic acids is 3. The molecule has 166 valence electrons. The van der Waals surface area contributed by atoms with E-state index in [0.29, 0.717) is 5.56 Å². The quantitative estimate of drug-likeness (QED) is 0.286. The number of nitrogens with zero attached hydrogens (tertiary/aromatic N) is 3. The van der Waals surface area contributed by atoms with Gasteiger partial charge in [-0.3, -0.25) is 24.5 Å². The van der Waals surface area contributed by atoms with Crippen LogP contribution in [0.3, 0.4) is 0 Å². The smallest absolute Gasteiger partial charge is 0.308 e. The summed E-state index contributed by atoms with van der Waals surface area (Å²) in [5.41, 5.74) is 0.216. The average Bonchev–Trinajstić information content (AvgIpc) is 3.14. The van der Waals surface area contributed by atoms with Crippen LogP contribution in [0.4, 0.5) is 5.69 Å². The van der Waals surface area contributed by atoms with Crippen LogP contribution in [-0.4, -0.2) is 33.7 Å². The van der Waals surface area contributed by atoms with Crippen molar-refractivity contribution in [3.05, 3.63) is 62.7 Å². The number of esters is 2. The van der Waals surface area contributed by atoms with E-state index >= 15 is 0 Å². The molecule has 0 unspecified atom stereocenters. The lowest BCUT2D eigenvalue weighted by molar-refractivity contribution is -0.384. The number of carbonyl (C=O) groups is 3. The monoisotopic (exact) mass is 461 g/mol. The summed E-state index contributed by atoms with van der Waals surface area (Å²) < 4.78 is 15.9. The lowest BCUT2D eigenvalue weighted by atomic mass is 10.1. The normalized spacial score (nSPS) is 14.9. The fourth-order valence-corrected chi connectivity index (χ4v) is 3.02. The van der Waals surface area contributed by atoms with Gasteiger partial charge < -0.3 is 14.2 Å². The summed E-state index contributed by atoms with van der Waals surface area (Å²) in [5, 5.41) is 16.3. The Morgan fingerprint density at radius 2 is 1.72 bits per heavy atom. The van der Waals surface area contributed by atoms with Crippen LogP contribution in [0.2, 0.25) is 5.02 Å². The first-order valence-corrected chi connectivity index (χ1v) is 9.44. The van der Waals surface area contributed by atoms with Gasteiger partial charge in [0.2, 0.25) is 18.0 Å². The van der Waals surface area contributed by atoms with Crippen LogP contribution in [0.25, 0.3) is 0 Å². The SMILES string of the molecule is CC(=O)Oc1ccc(C2=NN(C(C)=O)[C@H](c3ccc(Cl)c([N+](=O)[O-])c3)O2)cc1OC(C)=O. The van der Waals surface area contributed by atoms with Gasteiger partial charge in [-0.25, -0.2) is 0 Å². The Balaban J connectivity index is 1.99. The number of amides is 1. The number of hydrogen-bond donors (Lipinski definition) is 0. The first kappa shape index (κ1) is 22.7. The molecule has 1 aliphatic heterocycles. The van der Waals surface area contributed by atoms with Crippen LogP contribution in [0.15, 0.2) is 41.5 Å². The molecular weight excluding hydrogens is 446 g/mol. The summed E-state index contributed by atoms with van der Waals surface area (Å²) in [7, 11) is 0. The largest absolute Gasteiger partial charge is 0.446 e. The molecule has 0 fully saturated rings. The summed E-state index contributed by atoms with van der Waals surface area (Å²) in [6.07, 6.45) is -1.09. The Hall–Kier alpha value is -3.99.